The van der Waals surface area contributed by atoms with E-state index in [9.17, 15) is 9.90 Å². The van der Waals surface area contributed by atoms with Crippen LogP contribution in [0.15, 0.2) is 72.1 Å². The molecule has 0 atom stereocenters. The molecule has 0 spiro atoms. The average molecular weight is 370 g/mol. The summed E-state index contributed by atoms with van der Waals surface area (Å²) in [5.41, 5.74) is 2.53. The molecule has 1 aromatic heterocycles. The van der Waals surface area contributed by atoms with Gasteiger partial charge in [-0.1, -0.05) is 47.6 Å². The van der Waals surface area contributed by atoms with E-state index in [0.717, 1.165) is 21.9 Å². The normalized spacial score (nSPS) is 11.0. The number of benzene rings is 2. The van der Waals surface area contributed by atoms with Crippen molar-refractivity contribution in [1.82, 2.24) is 4.98 Å². The van der Waals surface area contributed by atoms with E-state index in [-0.39, 0.29) is 36.0 Å². The number of rotatable bonds is 8. The Morgan fingerprint density at radius 3 is 2.63 bits per heavy atom. The summed E-state index contributed by atoms with van der Waals surface area (Å²) in [6.45, 7) is 0.349. The zero-order chi connectivity index (χ0) is 18.2. The molecule has 0 N–H and O–H groups in total. The number of pyridine rings is 1. The van der Waals surface area contributed by atoms with Gasteiger partial charge in [-0.05, 0) is 42.2 Å². The van der Waals surface area contributed by atoms with Gasteiger partial charge in [0, 0.05) is 29.5 Å². The number of carbonyl (C=O) groups is 1. The van der Waals surface area contributed by atoms with Crippen molar-refractivity contribution in [2.45, 2.75) is 19.3 Å². The Balaban J connectivity index is 0.00000261. The Hall–Kier alpha value is -2.21. The minimum atomic E-state index is -1.04. The summed E-state index contributed by atoms with van der Waals surface area (Å²) >= 11 is 0. The Bertz CT molecular complexity index is 908. The number of unbranched alkanes of at least 4 members (excludes halogenated alkanes) is 1. The van der Waals surface area contributed by atoms with Crippen molar-refractivity contribution < 1.29 is 44.3 Å². The molecular formula is C21H19N2NaO3. The summed E-state index contributed by atoms with van der Waals surface area (Å²) < 4.78 is 0. The maximum absolute atomic E-state index is 10.4. The molecule has 0 radical (unpaired) electrons. The van der Waals surface area contributed by atoms with Gasteiger partial charge >= 0.3 is 29.6 Å². The standard InChI is InChI=1S/C21H20N2O3.Na/c24-20(25)12-3-4-14-26-23-21(17-9-6-13-22-15-17)19-11-5-8-16-7-1-2-10-18(16)19;/h1-2,5-11,13,15H,3-4,12,14H2,(H,24,25);/q;+1/p-1/b23-21-;. The smallest absolute Gasteiger partial charge is 0.550 e. The SMILES string of the molecule is O=C([O-])CCCCO/N=C(/c1cccnc1)c1cccc2ccccc12.[Na+]. The van der Waals surface area contributed by atoms with Crippen molar-refractivity contribution in [2.24, 2.45) is 5.16 Å². The zero-order valence-corrected chi connectivity index (χ0v) is 17.3. The van der Waals surface area contributed by atoms with Crippen LogP contribution in [-0.4, -0.2) is 23.3 Å². The summed E-state index contributed by atoms with van der Waals surface area (Å²) in [5.74, 6) is -1.04. The number of nitrogens with zero attached hydrogens (tertiary/aromatic N) is 2. The summed E-state index contributed by atoms with van der Waals surface area (Å²) in [6.07, 6.45) is 4.61. The van der Waals surface area contributed by atoms with Gasteiger partial charge in [0.25, 0.3) is 0 Å². The molecule has 0 fully saturated rings. The van der Waals surface area contributed by atoms with Crippen molar-refractivity contribution >= 4 is 22.5 Å². The van der Waals surface area contributed by atoms with Gasteiger partial charge in [0.15, 0.2) is 0 Å². The molecular weight excluding hydrogens is 351 g/mol. The second-order valence-electron chi connectivity index (χ2n) is 5.87. The fraction of sp³-hybridized carbons (Fsp3) is 0.190. The van der Waals surface area contributed by atoms with Crippen molar-refractivity contribution in [3.8, 4) is 0 Å². The van der Waals surface area contributed by atoms with Gasteiger partial charge in [-0.3, -0.25) is 4.98 Å². The van der Waals surface area contributed by atoms with Crippen LogP contribution >= 0.6 is 0 Å². The Kier molecular flexibility index (Phi) is 8.45. The molecule has 0 bridgehead atoms. The van der Waals surface area contributed by atoms with Crippen LogP contribution in [-0.2, 0) is 9.63 Å². The van der Waals surface area contributed by atoms with Crippen LogP contribution < -0.4 is 34.7 Å². The third kappa shape index (κ3) is 5.89. The van der Waals surface area contributed by atoms with Gasteiger partial charge in [0.05, 0.1) is 0 Å². The summed E-state index contributed by atoms with van der Waals surface area (Å²) in [4.78, 5) is 20.1. The molecule has 2 aromatic carbocycles. The van der Waals surface area contributed by atoms with Crippen molar-refractivity contribution in [3.05, 3.63) is 78.1 Å². The number of carboxylic acids is 1. The van der Waals surface area contributed by atoms with Gasteiger partial charge in [-0.15, -0.1) is 0 Å². The van der Waals surface area contributed by atoms with Crippen LogP contribution in [0.1, 0.15) is 30.4 Å². The molecule has 0 aliphatic heterocycles. The van der Waals surface area contributed by atoms with Gasteiger partial charge in [0.1, 0.15) is 12.3 Å². The van der Waals surface area contributed by atoms with Crippen LogP contribution in [0.5, 0.6) is 0 Å². The first kappa shape index (κ1) is 21.1. The van der Waals surface area contributed by atoms with E-state index < -0.39 is 5.97 Å². The molecule has 27 heavy (non-hydrogen) atoms. The Morgan fingerprint density at radius 1 is 1.04 bits per heavy atom. The molecule has 0 saturated carbocycles. The predicted molar refractivity (Wildman–Crippen MR) is 98.6 cm³/mol. The van der Waals surface area contributed by atoms with E-state index in [4.69, 9.17) is 4.84 Å². The molecule has 3 aromatic rings. The number of hydrogen-bond donors (Lipinski definition) is 0. The number of oxime groups is 1. The molecule has 0 aliphatic rings. The second kappa shape index (κ2) is 10.8. The fourth-order valence-corrected chi connectivity index (χ4v) is 2.74. The van der Waals surface area contributed by atoms with Gasteiger partial charge in [0.2, 0.25) is 0 Å². The number of aromatic nitrogens is 1. The molecule has 6 heteroatoms. The number of fused-ring (bicyclic) bond motifs is 1. The van der Waals surface area contributed by atoms with Gasteiger partial charge in [-0.2, -0.15) is 0 Å². The molecule has 132 valence electrons. The molecule has 0 aliphatic carbocycles. The van der Waals surface area contributed by atoms with Crippen LogP contribution in [0.25, 0.3) is 10.8 Å². The Labute approximate surface area is 180 Å². The van der Waals surface area contributed by atoms with E-state index in [1.165, 1.54) is 0 Å². The van der Waals surface area contributed by atoms with Crippen molar-refractivity contribution in [2.75, 3.05) is 6.61 Å². The topological polar surface area (TPSA) is 74.6 Å². The number of aliphatic carboxylic acids is 1. The van der Waals surface area contributed by atoms with Gasteiger partial charge < -0.3 is 14.7 Å². The summed E-state index contributed by atoms with van der Waals surface area (Å²) in [6, 6.07) is 18.0. The molecule has 1 heterocycles. The third-order valence-corrected chi connectivity index (χ3v) is 4.00. The Morgan fingerprint density at radius 2 is 1.85 bits per heavy atom. The van der Waals surface area contributed by atoms with E-state index in [1.54, 1.807) is 12.4 Å². The first-order valence-corrected chi connectivity index (χ1v) is 8.54. The van der Waals surface area contributed by atoms with E-state index in [2.05, 4.69) is 28.3 Å². The van der Waals surface area contributed by atoms with E-state index >= 15 is 0 Å². The van der Waals surface area contributed by atoms with Crippen LogP contribution in [0, 0.1) is 0 Å². The third-order valence-electron chi connectivity index (χ3n) is 4.00. The molecule has 3 rings (SSSR count). The fourth-order valence-electron chi connectivity index (χ4n) is 2.74. The first-order valence-electron chi connectivity index (χ1n) is 8.54. The minimum Gasteiger partial charge on any atom is -0.550 e. The van der Waals surface area contributed by atoms with Gasteiger partial charge in [-0.25, -0.2) is 0 Å². The largest absolute Gasteiger partial charge is 1.00 e. The monoisotopic (exact) mass is 370 g/mol. The molecule has 0 saturated heterocycles. The second-order valence-corrected chi connectivity index (χ2v) is 5.87. The maximum atomic E-state index is 10.4. The van der Waals surface area contributed by atoms with E-state index in [1.807, 2.05) is 36.4 Å². The van der Waals surface area contributed by atoms with Crippen LogP contribution in [0.2, 0.25) is 0 Å². The molecule has 0 unspecified atom stereocenters. The van der Waals surface area contributed by atoms with Crippen LogP contribution in [0.4, 0.5) is 0 Å². The predicted octanol–water partition coefficient (Wildman–Crippen LogP) is -0.0720. The number of carbonyl (C=O) groups excluding carboxylic acids is 1. The van der Waals surface area contributed by atoms with Crippen molar-refractivity contribution in [1.29, 1.82) is 0 Å². The van der Waals surface area contributed by atoms with Crippen molar-refractivity contribution in [3.63, 3.8) is 0 Å². The minimum absolute atomic E-state index is 0. The summed E-state index contributed by atoms with van der Waals surface area (Å²) in [5, 5.41) is 17.0. The number of hydrogen-bond acceptors (Lipinski definition) is 5. The number of carboxylic acid groups (broad SMARTS) is 1. The quantitative estimate of drug-likeness (QED) is 0.241. The van der Waals surface area contributed by atoms with Crippen LogP contribution in [0.3, 0.4) is 0 Å². The maximum Gasteiger partial charge on any atom is 1.00 e. The summed E-state index contributed by atoms with van der Waals surface area (Å²) in [7, 11) is 0. The molecule has 5 nitrogen and oxygen atoms in total. The molecule has 0 amide bonds. The zero-order valence-electron chi connectivity index (χ0n) is 15.3. The first-order chi connectivity index (χ1) is 12.8. The average Bonchev–Trinajstić information content (AvgIpc) is 2.68. The van der Waals surface area contributed by atoms with E-state index in [0.29, 0.717) is 25.2 Å².